The van der Waals surface area contributed by atoms with Gasteiger partial charge in [-0.15, -0.1) is 0 Å². The van der Waals surface area contributed by atoms with Crippen molar-refractivity contribution < 1.29 is 16.9 Å². The van der Waals surface area contributed by atoms with Crippen molar-refractivity contribution in [2.45, 2.75) is 82.3 Å². The zero-order valence-corrected chi connectivity index (χ0v) is 27.2. The zero-order chi connectivity index (χ0) is 25.1. The fraction of sp³-hybridized carbons (Fsp3) is 0.565. The van der Waals surface area contributed by atoms with E-state index in [1.807, 2.05) is 25.5 Å². The molecular formula is C23H43N2O3SSi4+. The van der Waals surface area contributed by atoms with Crippen LogP contribution in [0.5, 0.6) is 0 Å². The first-order valence-electron chi connectivity index (χ1n) is 11.6. The molecule has 2 rings (SSSR count). The number of rotatable bonds is 11. The van der Waals surface area contributed by atoms with Gasteiger partial charge in [-0.3, -0.25) is 0 Å². The van der Waals surface area contributed by atoms with Crippen LogP contribution in [0.4, 0.5) is 0 Å². The maximum atomic E-state index is 6.93. The first-order valence-corrected chi connectivity index (χ1v) is 24.6. The monoisotopic (exact) mass is 539 g/mol. The highest BCUT2D eigenvalue weighted by Crippen LogP contribution is 2.35. The number of nitrogens with zero attached hydrogens (tertiary/aromatic N) is 2. The fourth-order valence-corrected chi connectivity index (χ4v) is 22.8. The van der Waals surface area contributed by atoms with E-state index in [1.54, 1.807) is 11.8 Å². The molecule has 0 aliphatic carbocycles. The first kappa shape index (κ1) is 28.6. The molecule has 0 radical (unpaired) electrons. The largest absolute Gasteiger partial charge is 0.437 e. The molecule has 0 saturated carbocycles. The van der Waals surface area contributed by atoms with E-state index in [1.165, 1.54) is 11.1 Å². The molecule has 5 nitrogen and oxygen atoms in total. The van der Waals surface area contributed by atoms with Crippen molar-refractivity contribution in [3.05, 3.63) is 53.9 Å². The second kappa shape index (κ2) is 11.0. The number of aryl methyl sites for hydroxylation is 1. The van der Waals surface area contributed by atoms with Crippen molar-refractivity contribution in [2.75, 3.05) is 0 Å². The van der Waals surface area contributed by atoms with Crippen molar-refractivity contribution in [1.29, 1.82) is 0 Å². The van der Waals surface area contributed by atoms with Crippen LogP contribution in [-0.4, -0.2) is 38.7 Å². The molecule has 0 fully saturated rings. The van der Waals surface area contributed by atoms with E-state index < -0.39 is 33.8 Å². The Hall–Kier alpha value is -0.602. The van der Waals surface area contributed by atoms with Crippen molar-refractivity contribution in [2.24, 2.45) is 7.05 Å². The molecule has 1 aromatic heterocycles. The van der Waals surface area contributed by atoms with Crippen molar-refractivity contribution in [3.63, 3.8) is 0 Å². The second-order valence-electron chi connectivity index (χ2n) is 11.2. The van der Waals surface area contributed by atoms with E-state index in [0.29, 0.717) is 0 Å². The fourth-order valence-electron chi connectivity index (χ4n) is 3.97. The molecule has 1 aromatic carbocycles. The maximum absolute atomic E-state index is 6.93. The maximum Gasteiger partial charge on any atom is 0.359 e. The van der Waals surface area contributed by atoms with Crippen LogP contribution in [-0.2, 0) is 25.1 Å². The van der Waals surface area contributed by atoms with Gasteiger partial charge < -0.3 is 12.3 Å². The predicted molar refractivity (Wildman–Crippen MR) is 149 cm³/mol. The molecule has 0 saturated heterocycles. The third-order valence-electron chi connectivity index (χ3n) is 5.03. The van der Waals surface area contributed by atoms with Crippen LogP contribution < -0.4 is 4.57 Å². The first-order chi connectivity index (χ1) is 15.0. The molecule has 1 heterocycles. The van der Waals surface area contributed by atoms with E-state index in [0.717, 1.165) is 10.9 Å². The Balaban J connectivity index is 2.21. The molecule has 0 N–H and O–H groups in total. The lowest BCUT2D eigenvalue weighted by atomic mass is 10.1. The van der Waals surface area contributed by atoms with Gasteiger partial charge in [-0.2, -0.15) is 0 Å². The lowest BCUT2D eigenvalue weighted by molar-refractivity contribution is -0.713. The van der Waals surface area contributed by atoms with E-state index in [2.05, 4.69) is 99.7 Å². The minimum atomic E-state index is -2.56. The van der Waals surface area contributed by atoms with E-state index in [9.17, 15) is 0 Å². The van der Waals surface area contributed by atoms with Crippen LogP contribution in [0.1, 0.15) is 23.6 Å². The number of hydrogen-bond donors (Lipinski definition) is 0. The normalized spacial score (nSPS) is 15.8. The van der Waals surface area contributed by atoms with Gasteiger partial charge in [-0.25, -0.2) is 4.57 Å². The molecule has 10 heteroatoms. The number of aromatic nitrogens is 2. The van der Waals surface area contributed by atoms with Crippen LogP contribution in [0.15, 0.2) is 47.9 Å². The molecular weight excluding hydrogens is 497 g/mol. The highest BCUT2D eigenvalue weighted by atomic mass is 32.2. The molecule has 184 valence electrons. The molecule has 0 amide bonds. The Kier molecular flexibility index (Phi) is 9.53. The minimum Gasteiger partial charge on any atom is -0.437 e. The Bertz CT molecular complexity index is 917. The zero-order valence-electron chi connectivity index (χ0n) is 22.4. The van der Waals surface area contributed by atoms with Crippen molar-refractivity contribution in [3.8, 4) is 0 Å². The molecule has 0 bridgehead atoms. The number of hydrogen-bond acceptors (Lipinski definition) is 5. The molecule has 0 aliphatic heterocycles. The van der Waals surface area contributed by atoms with E-state index in [4.69, 9.17) is 12.3 Å². The van der Waals surface area contributed by atoms with Gasteiger partial charge >= 0.3 is 22.3 Å². The number of thioether (sulfide) groups is 1. The van der Waals surface area contributed by atoms with Gasteiger partial charge in [-0.1, -0.05) is 31.2 Å². The van der Waals surface area contributed by atoms with Crippen molar-refractivity contribution >= 4 is 45.5 Å². The van der Waals surface area contributed by atoms with E-state index in [-0.39, 0.29) is 5.54 Å². The van der Waals surface area contributed by atoms with Gasteiger partial charge in [-0.05, 0) is 86.8 Å². The van der Waals surface area contributed by atoms with Gasteiger partial charge in [0.25, 0.3) is 0 Å². The predicted octanol–water partition coefficient (Wildman–Crippen LogP) is 6.33. The summed E-state index contributed by atoms with van der Waals surface area (Å²) >= 11 is 1.75. The summed E-state index contributed by atoms with van der Waals surface area (Å²) in [6, 6.07) is 10.9. The Labute approximate surface area is 210 Å². The Morgan fingerprint density at radius 1 is 0.879 bits per heavy atom. The SMILES string of the molecule is CC(c1ccc(CSc2nccc[n+]2C)cc1)[Si](C)(O[Si](C)(C)C)O[Si](C)(C)O[Si](C)(C)C. The summed E-state index contributed by atoms with van der Waals surface area (Å²) in [6.45, 7) is 22.3. The molecule has 0 aliphatic rings. The molecule has 2 aromatic rings. The molecule has 2 atom stereocenters. The van der Waals surface area contributed by atoms with Crippen molar-refractivity contribution in [1.82, 2.24) is 4.98 Å². The third kappa shape index (κ3) is 9.52. The topological polar surface area (TPSA) is 44.5 Å². The van der Waals surface area contributed by atoms with Gasteiger partial charge in [0.2, 0.25) is 0 Å². The molecule has 2 unspecified atom stereocenters. The summed E-state index contributed by atoms with van der Waals surface area (Å²) in [5.41, 5.74) is 2.77. The Morgan fingerprint density at radius 3 is 1.97 bits per heavy atom. The lowest BCUT2D eigenvalue weighted by Crippen LogP contribution is -2.59. The number of benzene rings is 1. The molecule has 0 spiro atoms. The molecule has 33 heavy (non-hydrogen) atoms. The second-order valence-corrected chi connectivity index (χ2v) is 28.8. The Morgan fingerprint density at radius 2 is 1.45 bits per heavy atom. The summed E-state index contributed by atoms with van der Waals surface area (Å²) in [6.07, 6.45) is 3.87. The van der Waals surface area contributed by atoms with Gasteiger partial charge in [0.1, 0.15) is 6.20 Å². The van der Waals surface area contributed by atoms with Crippen LogP contribution in [0.3, 0.4) is 0 Å². The van der Waals surface area contributed by atoms with Gasteiger partial charge in [0, 0.05) is 17.4 Å². The summed E-state index contributed by atoms with van der Waals surface area (Å²) in [7, 11) is -6.38. The van der Waals surface area contributed by atoms with Gasteiger partial charge in [0.05, 0.1) is 13.2 Å². The summed E-state index contributed by atoms with van der Waals surface area (Å²) in [5.74, 6) is 0.889. The smallest absolute Gasteiger partial charge is 0.359 e. The van der Waals surface area contributed by atoms with Gasteiger partial charge in [0.15, 0.2) is 16.6 Å². The van der Waals surface area contributed by atoms with Crippen LogP contribution in [0, 0.1) is 0 Å². The highest BCUT2D eigenvalue weighted by molar-refractivity contribution is 7.98. The summed E-state index contributed by atoms with van der Waals surface area (Å²) in [4.78, 5) is 4.46. The average Bonchev–Trinajstić information content (AvgIpc) is 2.63. The van der Waals surface area contributed by atoms with E-state index >= 15 is 0 Å². The standard InChI is InChI=1S/C23H43N2O3SSi4/c1-20(33(11,27-31(6,7)8)28-32(9,10)26-30(3,4)5)22-15-13-21(14-16-22)19-29-23-24-17-12-18-25(23)2/h12-18,20H,19H2,1-11H3/q+1. The minimum absolute atomic E-state index is 0.205. The summed E-state index contributed by atoms with van der Waals surface area (Å²) in [5, 5.41) is 1.02. The van der Waals surface area contributed by atoms with Crippen LogP contribution >= 0.6 is 11.8 Å². The average molecular weight is 540 g/mol. The lowest BCUT2D eigenvalue weighted by Gasteiger charge is -2.44. The third-order valence-corrected chi connectivity index (χ3v) is 20.1. The quantitative estimate of drug-likeness (QED) is 0.144. The van der Waals surface area contributed by atoms with Crippen LogP contribution in [0.25, 0.3) is 0 Å². The summed E-state index contributed by atoms with van der Waals surface area (Å²) < 4.78 is 22.4. The van der Waals surface area contributed by atoms with Crippen LogP contribution in [0.2, 0.25) is 58.9 Å². The highest BCUT2D eigenvalue weighted by Gasteiger charge is 2.48.